The van der Waals surface area contributed by atoms with E-state index >= 15 is 0 Å². The second-order valence-corrected chi connectivity index (χ2v) is 5.63. The van der Waals surface area contributed by atoms with E-state index in [2.05, 4.69) is 35.9 Å². The van der Waals surface area contributed by atoms with E-state index in [9.17, 15) is 4.79 Å². The lowest BCUT2D eigenvalue weighted by molar-refractivity contribution is -0.131. The zero-order valence-corrected chi connectivity index (χ0v) is 12.8. The van der Waals surface area contributed by atoms with Crippen LogP contribution in [0, 0.1) is 0 Å². The molecule has 1 unspecified atom stereocenters. The van der Waals surface area contributed by atoms with Gasteiger partial charge in [-0.05, 0) is 50.2 Å². The molecular formula is C17H24N2O2. The van der Waals surface area contributed by atoms with Gasteiger partial charge in [-0.3, -0.25) is 0 Å². The Bertz CT molecular complexity index is 496. The van der Waals surface area contributed by atoms with Gasteiger partial charge in [-0.25, -0.2) is 4.79 Å². The number of nitrogens with zero attached hydrogens (tertiary/aromatic N) is 2. The summed E-state index contributed by atoms with van der Waals surface area (Å²) in [6.45, 7) is 5.55. The number of likely N-dealkylation sites (N-methyl/N-ethyl adjacent to an activating group) is 1. The SMILES string of the molecule is CCC1CN(C)CCCN1c1ccc(/C=C/C(=O)O)cc1. The molecule has 1 N–H and O–H groups in total. The van der Waals surface area contributed by atoms with Crippen molar-refractivity contribution in [2.24, 2.45) is 0 Å². The fourth-order valence-corrected chi connectivity index (χ4v) is 2.88. The van der Waals surface area contributed by atoms with E-state index < -0.39 is 5.97 Å². The topological polar surface area (TPSA) is 43.8 Å². The number of carboxylic acids is 1. The maximum atomic E-state index is 10.5. The summed E-state index contributed by atoms with van der Waals surface area (Å²) in [5, 5.41) is 8.66. The normalized spacial score (nSPS) is 20.7. The van der Waals surface area contributed by atoms with Gasteiger partial charge < -0.3 is 14.9 Å². The summed E-state index contributed by atoms with van der Waals surface area (Å²) in [6.07, 6.45) is 5.10. The average molecular weight is 288 g/mol. The van der Waals surface area contributed by atoms with Gasteiger partial charge in [-0.2, -0.15) is 0 Å². The molecule has 1 aliphatic heterocycles. The summed E-state index contributed by atoms with van der Waals surface area (Å²) in [5.41, 5.74) is 2.14. The van der Waals surface area contributed by atoms with E-state index in [1.54, 1.807) is 6.08 Å². The predicted octanol–water partition coefficient (Wildman–Crippen LogP) is 2.70. The molecule has 1 aliphatic rings. The maximum absolute atomic E-state index is 10.5. The van der Waals surface area contributed by atoms with Crippen LogP contribution in [0.15, 0.2) is 30.3 Å². The highest BCUT2D eigenvalue weighted by atomic mass is 16.4. The molecule has 1 atom stereocenters. The molecule has 1 aromatic carbocycles. The van der Waals surface area contributed by atoms with Gasteiger partial charge in [-0.1, -0.05) is 19.1 Å². The Kier molecular flexibility index (Phi) is 5.39. The number of carbonyl (C=O) groups is 1. The van der Waals surface area contributed by atoms with Crippen molar-refractivity contribution < 1.29 is 9.90 Å². The molecule has 0 spiro atoms. The quantitative estimate of drug-likeness (QED) is 0.865. The smallest absolute Gasteiger partial charge is 0.328 e. The van der Waals surface area contributed by atoms with Crippen LogP contribution in [0.2, 0.25) is 0 Å². The van der Waals surface area contributed by atoms with Gasteiger partial charge in [-0.15, -0.1) is 0 Å². The maximum Gasteiger partial charge on any atom is 0.328 e. The number of hydrogen-bond acceptors (Lipinski definition) is 3. The summed E-state index contributed by atoms with van der Waals surface area (Å²) in [6, 6.07) is 8.69. The molecular weight excluding hydrogens is 264 g/mol. The molecule has 1 fully saturated rings. The van der Waals surface area contributed by atoms with Crippen molar-refractivity contribution in [1.82, 2.24) is 4.90 Å². The molecule has 0 saturated carbocycles. The number of benzene rings is 1. The Morgan fingerprint density at radius 2 is 2.05 bits per heavy atom. The minimum atomic E-state index is -0.916. The van der Waals surface area contributed by atoms with Gasteiger partial charge in [0.2, 0.25) is 0 Å². The van der Waals surface area contributed by atoms with Crippen molar-refractivity contribution in [3.05, 3.63) is 35.9 Å². The summed E-state index contributed by atoms with van der Waals surface area (Å²) in [4.78, 5) is 15.4. The van der Waals surface area contributed by atoms with Crippen molar-refractivity contribution in [3.63, 3.8) is 0 Å². The summed E-state index contributed by atoms with van der Waals surface area (Å²) >= 11 is 0. The van der Waals surface area contributed by atoms with Gasteiger partial charge in [0.15, 0.2) is 0 Å². The van der Waals surface area contributed by atoms with Gasteiger partial charge in [0.25, 0.3) is 0 Å². The molecule has 0 bridgehead atoms. The van der Waals surface area contributed by atoms with Crippen molar-refractivity contribution in [1.29, 1.82) is 0 Å². The first kappa shape index (κ1) is 15.6. The van der Waals surface area contributed by atoms with Gasteiger partial charge in [0.05, 0.1) is 0 Å². The molecule has 0 amide bonds. The standard InChI is InChI=1S/C17H24N2O2/c1-3-15-13-18(2)11-4-12-19(15)16-8-5-14(6-9-16)7-10-17(20)21/h5-10,15H,3-4,11-13H2,1-2H3,(H,20,21)/b10-7+. The molecule has 1 saturated heterocycles. The number of rotatable bonds is 4. The van der Waals surface area contributed by atoms with Crippen molar-refractivity contribution in [3.8, 4) is 0 Å². The van der Waals surface area contributed by atoms with E-state index in [1.807, 2.05) is 12.1 Å². The number of anilines is 1. The zero-order chi connectivity index (χ0) is 15.2. The monoisotopic (exact) mass is 288 g/mol. The van der Waals surface area contributed by atoms with Crippen LogP contribution in [-0.2, 0) is 4.79 Å². The minimum absolute atomic E-state index is 0.540. The van der Waals surface area contributed by atoms with Crippen LogP contribution >= 0.6 is 0 Å². The molecule has 0 radical (unpaired) electrons. The highest BCUT2D eigenvalue weighted by Gasteiger charge is 2.21. The summed E-state index contributed by atoms with van der Waals surface area (Å²) in [7, 11) is 2.19. The minimum Gasteiger partial charge on any atom is -0.478 e. The Balaban J connectivity index is 2.14. The first-order chi connectivity index (χ1) is 10.1. The molecule has 4 nitrogen and oxygen atoms in total. The third-order valence-electron chi connectivity index (χ3n) is 4.02. The van der Waals surface area contributed by atoms with E-state index in [0.717, 1.165) is 31.6 Å². The van der Waals surface area contributed by atoms with Crippen molar-refractivity contribution in [2.75, 3.05) is 31.6 Å². The van der Waals surface area contributed by atoms with Crippen molar-refractivity contribution >= 4 is 17.7 Å². The van der Waals surface area contributed by atoms with Gasteiger partial charge in [0.1, 0.15) is 0 Å². The molecule has 4 heteroatoms. The second kappa shape index (κ2) is 7.27. The fraction of sp³-hybridized carbons (Fsp3) is 0.471. The Morgan fingerprint density at radius 1 is 1.33 bits per heavy atom. The Labute approximate surface area is 126 Å². The molecule has 114 valence electrons. The molecule has 1 aromatic rings. The van der Waals surface area contributed by atoms with Crippen LogP contribution in [0.5, 0.6) is 0 Å². The summed E-state index contributed by atoms with van der Waals surface area (Å²) < 4.78 is 0. The fourth-order valence-electron chi connectivity index (χ4n) is 2.88. The molecule has 0 aliphatic carbocycles. The van der Waals surface area contributed by atoms with Gasteiger partial charge in [0, 0.05) is 30.9 Å². The Morgan fingerprint density at radius 3 is 2.67 bits per heavy atom. The largest absolute Gasteiger partial charge is 0.478 e. The lowest BCUT2D eigenvalue weighted by atomic mass is 10.1. The molecule has 1 heterocycles. The third-order valence-corrected chi connectivity index (χ3v) is 4.02. The van der Waals surface area contributed by atoms with Gasteiger partial charge >= 0.3 is 5.97 Å². The first-order valence-corrected chi connectivity index (χ1v) is 7.56. The number of carboxylic acid groups (broad SMARTS) is 1. The highest BCUT2D eigenvalue weighted by Crippen LogP contribution is 2.22. The van der Waals surface area contributed by atoms with Crippen LogP contribution in [0.25, 0.3) is 6.08 Å². The van der Waals surface area contributed by atoms with Crippen LogP contribution in [0.1, 0.15) is 25.3 Å². The van der Waals surface area contributed by atoms with Crippen LogP contribution in [0.3, 0.4) is 0 Å². The van der Waals surface area contributed by atoms with Crippen LogP contribution in [-0.4, -0.2) is 48.7 Å². The first-order valence-electron chi connectivity index (χ1n) is 7.56. The van der Waals surface area contributed by atoms with E-state index in [0.29, 0.717) is 6.04 Å². The average Bonchev–Trinajstić information content (AvgIpc) is 2.67. The molecule has 0 aromatic heterocycles. The highest BCUT2D eigenvalue weighted by molar-refractivity contribution is 5.85. The van der Waals surface area contributed by atoms with Crippen LogP contribution in [0.4, 0.5) is 5.69 Å². The van der Waals surface area contributed by atoms with Crippen molar-refractivity contribution in [2.45, 2.75) is 25.8 Å². The van der Waals surface area contributed by atoms with E-state index in [-0.39, 0.29) is 0 Å². The van der Waals surface area contributed by atoms with E-state index in [1.165, 1.54) is 18.2 Å². The molecule has 21 heavy (non-hydrogen) atoms. The molecule has 2 rings (SSSR count). The number of aliphatic carboxylic acids is 1. The summed E-state index contributed by atoms with van der Waals surface area (Å²) in [5.74, 6) is -0.916. The van der Waals surface area contributed by atoms with Crippen LogP contribution < -0.4 is 4.90 Å². The lowest BCUT2D eigenvalue weighted by Gasteiger charge is -2.32. The second-order valence-electron chi connectivity index (χ2n) is 5.63. The lowest BCUT2D eigenvalue weighted by Crippen LogP contribution is -2.39. The Hall–Kier alpha value is -1.81. The number of hydrogen-bond donors (Lipinski definition) is 1. The third kappa shape index (κ3) is 4.33. The van der Waals surface area contributed by atoms with E-state index in [4.69, 9.17) is 5.11 Å². The zero-order valence-electron chi connectivity index (χ0n) is 12.8. The predicted molar refractivity (Wildman–Crippen MR) is 86.7 cm³/mol.